The normalized spacial score (nSPS) is 12.9. The molecule has 0 fully saturated rings. The number of anilines is 1. The van der Waals surface area contributed by atoms with E-state index in [2.05, 4.69) is 28.8 Å². The lowest BCUT2D eigenvalue weighted by molar-refractivity contribution is -0.384. The number of hydrogen-bond acceptors (Lipinski definition) is 6. The minimum Gasteiger partial charge on any atom is -0.378 e. The molecular weight excluding hydrogens is 404 g/mol. The second-order valence-electron chi connectivity index (χ2n) is 7.24. The molecule has 2 rings (SSSR count). The number of nitrogens with one attached hydrogen (secondary N) is 2. The molecule has 0 bridgehead atoms. The molecular formula is C21H30N4O4S. The molecule has 0 radical (unpaired) electrons. The third-order valence-corrected chi connectivity index (χ3v) is 6.45. The van der Waals surface area contributed by atoms with E-state index >= 15 is 0 Å². The van der Waals surface area contributed by atoms with Crippen LogP contribution >= 0.6 is 0 Å². The van der Waals surface area contributed by atoms with E-state index in [1.165, 1.54) is 12.1 Å². The number of sulfonamides is 1. The van der Waals surface area contributed by atoms with Gasteiger partial charge in [0.05, 0.1) is 15.9 Å². The highest BCUT2D eigenvalue weighted by Crippen LogP contribution is 2.29. The fourth-order valence-corrected chi connectivity index (χ4v) is 4.63. The molecule has 2 aromatic carbocycles. The number of nitro benzene ring substituents is 1. The summed E-state index contributed by atoms with van der Waals surface area (Å²) in [5, 5.41) is 14.8. The van der Waals surface area contributed by atoms with E-state index < -0.39 is 14.9 Å². The van der Waals surface area contributed by atoms with Crippen molar-refractivity contribution < 1.29 is 13.3 Å². The van der Waals surface area contributed by atoms with Crippen LogP contribution in [-0.4, -0.2) is 43.9 Å². The van der Waals surface area contributed by atoms with Crippen molar-refractivity contribution in [3.63, 3.8) is 0 Å². The molecule has 0 aromatic heterocycles. The third kappa shape index (κ3) is 6.01. The van der Waals surface area contributed by atoms with Crippen LogP contribution < -0.4 is 10.0 Å². The molecule has 0 saturated carbocycles. The maximum atomic E-state index is 12.4. The first kappa shape index (κ1) is 23.8. The van der Waals surface area contributed by atoms with Crippen LogP contribution in [0, 0.1) is 10.1 Å². The van der Waals surface area contributed by atoms with E-state index in [-0.39, 0.29) is 28.4 Å². The largest absolute Gasteiger partial charge is 0.378 e. The van der Waals surface area contributed by atoms with Gasteiger partial charge < -0.3 is 5.32 Å². The zero-order valence-electron chi connectivity index (χ0n) is 17.8. The van der Waals surface area contributed by atoms with Crippen LogP contribution in [0.25, 0.3) is 0 Å². The van der Waals surface area contributed by atoms with Gasteiger partial charge in [0, 0.05) is 18.7 Å². The summed E-state index contributed by atoms with van der Waals surface area (Å²) in [6, 6.07) is 13.6. The Kier molecular flexibility index (Phi) is 8.33. The Labute approximate surface area is 178 Å². The first-order chi connectivity index (χ1) is 14.2. The van der Waals surface area contributed by atoms with Crippen molar-refractivity contribution in [3.8, 4) is 0 Å². The van der Waals surface area contributed by atoms with Crippen molar-refractivity contribution in [3.05, 3.63) is 64.2 Å². The number of nitro groups is 1. The summed E-state index contributed by atoms with van der Waals surface area (Å²) in [5.41, 5.74) is 1.13. The van der Waals surface area contributed by atoms with Crippen molar-refractivity contribution in [2.24, 2.45) is 0 Å². The fourth-order valence-electron chi connectivity index (χ4n) is 3.36. The van der Waals surface area contributed by atoms with Crippen LogP contribution in [0.15, 0.2) is 53.4 Å². The van der Waals surface area contributed by atoms with Crippen LogP contribution in [0.3, 0.4) is 0 Å². The molecule has 0 amide bonds. The molecule has 0 spiro atoms. The van der Waals surface area contributed by atoms with E-state index in [1.807, 2.05) is 30.3 Å². The van der Waals surface area contributed by atoms with Crippen molar-refractivity contribution in [1.82, 2.24) is 9.62 Å². The Morgan fingerprint density at radius 3 is 2.23 bits per heavy atom. The molecule has 30 heavy (non-hydrogen) atoms. The SMILES string of the molecule is CCN(CC)C(CNc1ccc(S(=O)(=O)NC(C)C)cc1[N+](=O)[O-])c1ccccc1. The highest BCUT2D eigenvalue weighted by atomic mass is 32.2. The summed E-state index contributed by atoms with van der Waals surface area (Å²) in [6.07, 6.45) is 0. The van der Waals surface area contributed by atoms with Gasteiger partial charge in [-0.05, 0) is 44.6 Å². The summed E-state index contributed by atoms with van der Waals surface area (Å²) in [4.78, 5) is 13.2. The number of likely N-dealkylation sites (N-methyl/N-ethyl adjacent to an activating group) is 1. The summed E-state index contributed by atoms with van der Waals surface area (Å²) < 4.78 is 27.2. The molecule has 2 aromatic rings. The van der Waals surface area contributed by atoms with E-state index in [9.17, 15) is 18.5 Å². The smallest absolute Gasteiger partial charge is 0.293 e. The maximum absolute atomic E-state index is 12.4. The molecule has 0 aliphatic carbocycles. The Hall–Kier alpha value is -2.49. The number of benzene rings is 2. The molecule has 0 aliphatic rings. The van der Waals surface area contributed by atoms with Crippen LogP contribution in [0.5, 0.6) is 0 Å². The molecule has 0 aliphatic heterocycles. The van der Waals surface area contributed by atoms with Crippen LogP contribution in [-0.2, 0) is 10.0 Å². The summed E-state index contributed by atoms with van der Waals surface area (Å²) >= 11 is 0. The second-order valence-corrected chi connectivity index (χ2v) is 8.95. The molecule has 1 atom stereocenters. The van der Waals surface area contributed by atoms with Crippen LogP contribution in [0.1, 0.15) is 39.3 Å². The zero-order valence-corrected chi connectivity index (χ0v) is 18.6. The predicted octanol–water partition coefficient (Wildman–Crippen LogP) is 3.78. The summed E-state index contributed by atoms with van der Waals surface area (Å²) in [6.45, 7) is 9.64. The monoisotopic (exact) mass is 434 g/mol. The van der Waals surface area contributed by atoms with Gasteiger partial charge in [0.2, 0.25) is 10.0 Å². The molecule has 1 unspecified atom stereocenters. The van der Waals surface area contributed by atoms with Crippen molar-refractivity contribution in [1.29, 1.82) is 0 Å². The van der Waals surface area contributed by atoms with Crippen molar-refractivity contribution in [2.45, 2.75) is 44.7 Å². The molecule has 9 heteroatoms. The second kappa shape index (κ2) is 10.5. The molecule has 0 heterocycles. The minimum absolute atomic E-state index is 0.0202. The van der Waals surface area contributed by atoms with Gasteiger partial charge in [-0.3, -0.25) is 15.0 Å². The highest BCUT2D eigenvalue weighted by molar-refractivity contribution is 7.89. The van der Waals surface area contributed by atoms with Gasteiger partial charge in [-0.1, -0.05) is 44.2 Å². The Balaban J connectivity index is 2.33. The first-order valence-electron chi connectivity index (χ1n) is 10.0. The predicted molar refractivity (Wildman–Crippen MR) is 119 cm³/mol. The lowest BCUT2D eigenvalue weighted by Gasteiger charge is -2.30. The van der Waals surface area contributed by atoms with Gasteiger partial charge in [0.1, 0.15) is 5.69 Å². The Morgan fingerprint density at radius 1 is 1.07 bits per heavy atom. The van der Waals surface area contributed by atoms with Crippen LogP contribution in [0.2, 0.25) is 0 Å². The average Bonchev–Trinajstić information content (AvgIpc) is 2.70. The maximum Gasteiger partial charge on any atom is 0.293 e. The van der Waals surface area contributed by atoms with Crippen molar-refractivity contribution >= 4 is 21.4 Å². The fraction of sp³-hybridized carbons (Fsp3) is 0.429. The van der Waals surface area contributed by atoms with Gasteiger partial charge in [-0.15, -0.1) is 0 Å². The minimum atomic E-state index is -3.82. The standard InChI is InChI=1S/C21H30N4O4S/c1-5-24(6-2)21(17-10-8-7-9-11-17)15-22-19-13-12-18(14-20(19)25(26)27)30(28,29)23-16(3)4/h7-14,16,21-23H,5-6,15H2,1-4H3. The van der Waals surface area contributed by atoms with E-state index in [0.29, 0.717) is 6.54 Å². The molecule has 2 N–H and O–H groups in total. The van der Waals surface area contributed by atoms with Gasteiger partial charge >= 0.3 is 0 Å². The van der Waals surface area contributed by atoms with Gasteiger partial charge in [0.25, 0.3) is 5.69 Å². The lowest BCUT2D eigenvalue weighted by Crippen LogP contribution is -2.33. The zero-order chi connectivity index (χ0) is 22.3. The van der Waals surface area contributed by atoms with Gasteiger partial charge in [0.15, 0.2) is 0 Å². The van der Waals surface area contributed by atoms with Crippen molar-refractivity contribution in [2.75, 3.05) is 25.0 Å². The Bertz CT molecular complexity index is 945. The third-order valence-electron chi connectivity index (χ3n) is 4.79. The molecule has 8 nitrogen and oxygen atoms in total. The number of hydrogen-bond donors (Lipinski definition) is 2. The lowest BCUT2D eigenvalue weighted by atomic mass is 10.0. The van der Waals surface area contributed by atoms with Gasteiger partial charge in [-0.25, -0.2) is 13.1 Å². The van der Waals surface area contributed by atoms with E-state index in [0.717, 1.165) is 24.7 Å². The highest BCUT2D eigenvalue weighted by Gasteiger charge is 2.24. The topological polar surface area (TPSA) is 105 Å². The quantitative estimate of drug-likeness (QED) is 0.412. The summed E-state index contributed by atoms with van der Waals surface area (Å²) in [5.74, 6) is 0. The number of nitrogens with zero attached hydrogens (tertiary/aromatic N) is 2. The summed E-state index contributed by atoms with van der Waals surface area (Å²) in [7, 11) is -3.82. The van der Waals surface area contributed by atoms with E-state index in [4.69, 9.17) is 0 Å². The first-order valence-corrected chi connectivity index (χ1v) is 11.5. The number of rotatable bonds is 11. The molecule has 0 saturated heterocycles. The molecule has 164 valence electrons. The van der Waals surface area contributed by atoms with Gasteiger partial charge in [-0.2, -0.15) is 0 Å². The van der Waals surface area contributed by atoms with E-state index in [1.54, 1.807) is 13.8 Å². The Morgan fingerprint density at radius 2 is 1.70 bits per heavy atom. The average molecular weight is 435 g/mol. The van der Waals surface area contributed by atoms with Crippen LogP contribution in [0.4, 0.5) is 11.4 Å².